The van der Waals surface area contributed by atoms with Crippen LogP contribution < -0.4 is 0 Å². The normalized spacial score (nSPS) is 12.4. The van der Waals surface area contributed by atoms with Crippen molar-refractivity contribution in [2.75, 3.05) is 0 Å². The second-order valence-electron chi connectivity index (χ2n) is 3.93. The lowest BCUT2D eigenvalue weighted by molar-refractivity contribution is -0.131. The number of H-pyrrole nitrogens is 1. The Kier molecular flexibility index (Phi) is 3.64. The lowest BCUT2D eigenvalue weighted by Crippen LogP contribution is -2.06. The number of carboxylic acid groups (broad SMARTS) is 1. The van der Waals surface area contributed by atoms with Gasteiger partial charge < -0.3 is 10.1 Å². The van der Waals surface area contributed by atoms with Crippen molar-refractivity contribution in [3.05, 3.63) is 45.6 Å². The number of ketones is 1. The summed E-state index contributed by atoms with van der Waals surface area (Å²) in [7, 11) is 0. The van der Waals surface area contributed by atoms with Crippen LogP contribution in [-0.4, -0.2) is 21.8 Å². The minimum Gasteiger partial charge on any atom is -0.477 e. The van der Waals surface area contributed by atoms with Crippen LogP contribution >= 0.6 is 23.2 Å². The summed E-state index contributed by atoms with van der Waals surface area (Å²) in [5.74, 6) is -2.04. The van der Waals surface area contributed by atoms with Gasteiger partial charge in [-0.05, 0) is 13.0 Å². The number of hydrogen-bond donors (Lipinski definition) is 2. The number of aromatic nitrogens is 1. The highest BCUT2D eigenvalue weighted by molar-refractivity contribution is 6.55. The molecule has 2 N–H and O–H groups in total. The fourth-order valence-corrected chi connectivity index (χ4v) is 2.13. The highest BCUT2D eigenvalue weighted by Crippen LogP contribution is 2.27. The molecule has 0 saturated carbocycles. The predicted octanol–water partition coefficient (Wildman–Crippen LogP) is 3.43. The molecular formula is C13H9Cl2NO3. The Balaban J connectivity index is 2.63. The van der Waals surface area contributed by atoms with Crippen molar-refractivity contribution in [2.45, 2.75) is 6.92 Å². The Labute approximate surface area is 118 Å². The lowest BCUT2D eigenvalue weighted by Gasteiger charge is -2.01. The maximum atomic E-state index is 12.2. The molecule has 1 aromatic heterocycles. The van der Waals surface area contributed by atoms with Crippen LogP contribution in [0.2, 0.25) is 0 Å². The molecule has 0 radical (unpaired) electrons. The third-order valence-electron chi connectivity index (χ3n) is 2.70. The molecule has 0 aliphatic heterocycles. The topological polar surface area (TPSA) is 70.2 Å². The third kappa shape index (κ3) is 2.37. The highest BCUT2D eigenvalue weighted by Gasteiger charge is 2.23. The Morgan fingerprint density at radius 2 is 1.79 bits per heavy atom. The maximum absolute atomic E-state index is 12.2. The summed E-state index contributed by atoms with van der Waals surface area (Å²) in [5.41, 5.74) is 1.72. The van der Waals surface area contributed by atoms with Crippen LogP contribution in [0.15, 0.2) is 34.3 Å². The Morgan fingerprint density at radius 3 is 2.42 bits per heavy atom. The van der Waals surface area contributed by atoms with Gasteiger partial charge in [0.05, 0.1) is 5.56 Å². The fraction of sp³-hybridized carbons (Fsp3) is 0.0769. The molecule has 0 bridgehead atoms. The number of rotatable bonds is 3. The number of nitrogens with one attached hydrogen (secondary N) is 1. The van der Waals surface area contributed by atoms with Crippen LogP contribution in [0.5, 0.6) is 0 Å². The summed E-state index contributed by atoms with van der Waals surface area (Å²) >= 11 is 11.2. The number of aryl methyl sites for hydroxylation is 1. The minimum atomic E-state index is -1.43. The van der Waals surface area contributed by atoms with Crippen molar-refractivity contribution in [2.24, 2.45) is 0 Å². The number of carbonyl (C=O) groups excluding carboxylic acids is 1. The van der Waals surface area contributed by atoms with Crippen LogP contribution in [0.25, 0.3) is 10.9 Å². The predicted molar refractivity (Wildman–Crippen MR) is 73.7 cm³/mol. The zero-order chi connectivity index (χ0) is 14.2. The molecule has 0 amide bonds. The number of fused-ring (bicyclic) bond motifs is 1. The van der Waals surface area contributed by atoms with Gasteiger partial charge >= 0.3 is 5.97 Å². The van der Waals surface area contributed by atoms with Crippen molar-refractivity contribution in [1.82, 2.24) is 4.98 Å². The SMILES string of the molecule is Cc1[nH]c2ccccc2c1C(=O)C(Cl)=C(Cl)C(=O)O. The summed E-state index contributed by atoms with van der Waals surface area (Å²) in [5, 5.41) is 8.24. The number of aromatic amines is 1. The zero-order valence-electron chi connectivity index (χ0n) is 9.83. The summed E-state index contributed by atoms with van der Waals surface area (Å²) in [6, 6.07) is 7.18. The van der Waals surface area contributed by atoms with Gasteiger partial charge in [0.25, 0.3) is 0 Å². The largest absolute Gasteiger partial charge is 0.477 e. The molecule has 0 aliphatic carbocycles. The summed E-state index contributed by atoms with van der Waals surface area (Å²) in [6.45, 7) is 1.71. The Morgan fingerprint density at radius 1 is 1.16 bits per heavy atom. The molecular weight excluding hydrogens is 289 g/mol. The number of allylic oxidation sites excluding steroid dienone is 1. The van der Waals surface area contributed by atoms with Crippen LogP contribution in [0.1, 0.15) is 16.1 Å². The van der Waals surface area contributed by atoms with Gasteiger partial charge in [-0.15, -0.1) is 0 Å². The van der Waals surface area contributed by atoms with Gasteiger partial charge in [-0.25, -0.2) is 4.79 Å². The van der Waals surface area contributed by atoms with E-state index >= 15 is 0 Å². The van der Waals surface area contributed by atoms with E-state index in [4.69, 9.17) is 28.3 Å². The second kappa shape index (κ2) is 5.07. The quantitative estimate of drug-likeness (QED) is 0.673. The average Bonchev–Trinajstić information content (AvgIpc) is 2.71. The molecule has 0 unspecified atom stereocenters. The Bertz CT molecular complexity index is 716. The van der Waals surface area contributed by atoms with E-state index < -0.39 is 21.8 Å². The first kappa shape index (κ1) is 13.6. The van der Waals surface area contributed by atoms with E-state index in [0.29, 0.717) is 16.6 Å². The second-order valence-corrected chi connectivity index (χ2v) is 4.69. The molecule has 4 nitrogen and oxygen atoms in total. The van der Waals surface area contributed by atoms with Crippen molar-refractivity contribution < 1.29 is 14.7 Å². The van der Waals surface area contributed by atoms with Gasteiger partial charge in [-0.3, -0.25) is 4.79 Å². The molecule has 0 aliphatic rings. The molecule has 0 spiro atoms. The smallest absolute Gasteiger partial charge is 0.349 e. The maximum Gasteiger partial charge on any atom is 0.349 e. The fourth-order valence-electron chi connectivity index (χ4n) is 1.87. The molecule has 0 atom stereocenters. The first-order valence-corrected chi connectivity index (χ1v) is 6.09. The van der Waals surface area contributed by atoms with Crippen molar-refractivity contribution in [1.29, 1.82) is 0 Å². The number of carbonyl (C=O) groups is 2. The van der Waals surface area contributed by atoms with Crippen LogP contribution in [0, 0.1) is 6.92 Å². The Hall–Kier alpha value is -1.78. The van der Waals surface area contributed by atoms with E-state index in [1.165, 1.54) is 0 Å². The number of hydrogen-bond acceptors (Lipinski definition) is 2. The first-order valence-electron chi connectivity index (χ1n) is 5.34. The molecule has 98 valence electrons. The van der Waals surface area contributed by atoms with Gasteiger partial charge in [-0.1, -0.05) is 41.4 Å². The number of halogens is 2. The zero-order valence-corrected chi connectivity index (χ0v) is 11.3. The van der Waals surface area contributed by atoms with E-state index in [1.54, 1.807) is 19.1 Å². The summed E-state index contributed by atoms with van der Waals surface area (Å²) in [4.78, 5) is 26.0. The number of carboxylic acids is 1. The van der Waals surface area contributed by atoms with Gasteiger partial charge in [-0.2, -0.15) is 0 Å². The third-order valence-corrected chi connectivity index (χ3v) is 3.51. The number of benzene rings is 1. The van der Waals surface area contributed by atoms with Crippen LogP contribution in [-0.2, 0) is 4.79 Å². The minimum absolute atomic E-state index is 0.333. The van der Waals surface area contributed by atoms with Gasteiger partial charge in [0.15, 0.2) is 0 Å². The van der Waals surface area contributed by atoms with Crippen LogP contribution in [0.4, 0.5) is 0 Å². The van der Waals surface area contributed by atoms with E-state index in [0.717, 1.165) is 5.52 Å². The molecule has 1 heterocycles. The van der Waals surface area contributed by atoms with E-state index in [1.807, 2.05) is 12.1 Å². The number of aliphatic carboxylic acids is 1. The lowest BCUT2D eigenvalue weighted by atomic mass is 10.1. The monoisotopic (exact) mass is 297 g/mol. The molecule has 0 saturated heterocycles. The van der Waals surface area contributed by atoms with E-state index in [9.17, 15) is 9.59 Å². The number of para-hydroxylation sites is 1. The average molecular weight is 298 g/mol. The molecule has 2 aromatic rings. The van der Waals surface area contributed by atoms with Crippen molar-refractivity contribution in [3.8, 4) is 0 Å². The van der Waals surface area contributed by atoms with Crippen molar-refractivity contribution >= 4 is 45.9 Å². The van der Waals surface area contributed by atoms with Gasteiger partial charge in [0.1, 0.15) is 10.1 Å². The highest BCUT2D eigenvalue weighted by atomic mass is 35.5. The molecule has 6 heteroatoms. The summed E-state index contributed by atoms with van der Waals surface area (Å²) in [6.07, 6.45) is 0. The standard InChI is InChI=1S/C13H9Cl2NO3/c1-6-9(7-4-2-3-5-8(7)16-6)12(17)10(14)11(15)13(18)19/h2-5,16H,1H3,(H,18,19). The summed E-state index contributed by atoms with van der Waals surface area (Å²) < 4.78 is 0. The molecule has 2 rings (SSSR count). The van der Waals surface area contributed by atoms with E-state index in [-0.39, 0.29) is 0 Å². The van der Waals surface area contributed by atoms with E-state index in [2.05, 4.69) is 4.98 Å². The molecule has 0 fully saturated rings. The van der Waals surface area contributed by atoms with Crippen LogP contribution in [0.3, 0.4) is 0 Å². The van der Waals surface area contributed by atoms with Gasteiger partial charge in [0, 0.05) is 16.6 Å². The number of Topliss-reactive ketones (excluding diaryl/α,β-unsaturated/α-hetero) is 1. The molecule has 19 heavy (non-hydrogen) atoms. The van der Waals surface area contributed by atoms with Gasteiger partial charge in [0.2, 0.25) is 5.78 Å². The van der Waals surface area contributed by atoms with Crippen molar-refractivity contribution in [3.63, 3.8) is 0 Å². The molecule has 1 aromatic carbocycles. The first-order chi connectivity index (χ1) is 8.93.